The molecule has 2 amide bonds. The summed E-state index contributed by atoms with van der Waals surface area (Å²) >= 11 is 5.21. The molecule has 0 unspecified atom stereocenters. The van der Waals surface area contributed by atoms with Gasteiger partial charge >= 0.3 is 0 Å². The van der Waals surface area contributed by atoms with Crippen LogP contribution in [-0.4, -0.2) is 30.6 Å². The van der Waals surface area contributed by atoms with E-state index in [-0.39, 0.29) is 10.7 Å². The van der Waals surface area contributed by atoms with Crippen LogP contribution in [0.5, 0.6) is 11.5 Å². The second-order valence-corrected chi connectivity index (χ2v) is 7.50. The average Bonchev–Trinajstić information content (AvgIpc) is 2.77. The molecule has 1 fully saturated rings. The van der Waals surface area contributed by atoms with E-state index in [4.69, 9.17) is 21.7 Å². The van der Waals surface area contributed by atoms with E-state index < -0.39 is 11.8 Å². The van der Waals surface area contributed by atoms with Crippen LogP contribution >= 0.6 is 12.2 Å². The van der Waals surface area contributed by atoms with Crippen molar-refractivity contribution in [1.82, 2.24) is 5.32 Å². The Morgan fingerprint density at radius 3 is 2.52 bits per heavy atom. The fourth-order valence-corrected chi connectivity index (χ4v) is 3.52. The first kappa shape index (κ1) is 22.5. The summed E-state index contributed by atoms with van der Waals surface area (Å²) in [5.74, 6) is 0.171. The lowest BCUT2D eigenvalue weighted by Gasteiger charge is -2.28. The zero-order chi connectivity index (χ0) is 22.2. The number of benzene rings is 2. The summed E-state index contributed by atoms with van der Waals surface area (Å²) in [7, 11) is 1.56. The predicted octanol–water partition coefficient (Wildman–Crippen LogP) is 4.49. The predicted molar refractivity (Wildman–Crippen MR) is 125 cm³/mol. The van der Waals surface area contributed by atoms with E-state index in [1.54, 1.807) is 49.6 Å². The minimum absolute atomic E-state index is 0.00672. The third-order valence-corrected chi connectivity index (χ3v) is 5.15. The van der Waals surface area contributed by atoms with Crippen LogP contribution in [0.1, 0.15) is 38.2 Å². The molecule has 2 aromatic carbocycles. The second-order valence-electron chi connectivity index (χ2n) is 7.11. The maximum Gasteiger partial charge on any atom is 0.270 e. The Bertz CT molecular complexity index is 988. The molecule has 7 heteroatoms. The van der Waals surface area contributed by atoms with Crippen molar-refractivity contribution < 1.29 is 19.1 Å². The van der Waals surface area contributed by atoms with Crippen molar-refractivity contribution in [3.8, 4) is 11.5 Å². The monoisotopic (exact) mass is 438 g/mol. The molecule has 0 saturated carbocycles. The van der Waals surface area contributed by atoms with Crippen molar-refractivity contribution >= 4 is 40.9 Å². The molecule has 1 N–H and O–H groups in total. The van der Waals surface area contributed by atoms with Gasteiger partial charge in [0.1, 0.15) is 5.57 Å². The van der Waals surface area contributed by atoms with Gasteiger partial charge in [0.05, 0.1) is 19.4 Å². The van der Waals surface area contributed by atoms with E-state index in [1.807, 2.05) is 6.07 Å². The number of para-hydroxylation sites is 1. The molecule has 3 rings (SSSR count). The number of unbranched alkanes of at least 4 members (excludes halogenated alkanes) is 3. The number of nitrogens with one attached hydrogen (secondary N) is 1. The molecular formula is C24H26N2O4S. The number of nitrogens with zero attached hydrogens (tertiary/aromatic N) is 1. The minimum atomic E-state index is -0.530. The van der Waals surface area contributed by atoms with Gasteiger partial charge in [-0.2, -0.15) is 0 Å². The SMILES string of the molecule is CCCCCCOc1ccc(C=C2C(=O)NC(=S)N(c3ccccc3)C2=O)cc1OC. The summed E-state index contributed by atoms with van der Waals surface area (Å²) in [5.41, 5.74) is 1.23. The Labute approximate surface area is 187 Å². The van der Waals surface area contributed by atoms with Crippen LogP contribution in [0.2, 0.25) is 0 Å². The summed E-state index contributed by atoms with van der Waals surface area (Å²) in [6.45, 7) is 2.78. The fraction of sp³-hybridized carbons (Fsp3) is 0.292. The highest BCUT2D eigenvalue weighted by Crippen LogP contribution is 2.30. The van der Waals surface area contributed by atoms with E-state index in [0.717, 1.165) is 12.8 Å². The smallest absolute Gasteiger partial charge is 0.270 e. The molecule has 0 bridgehead atoms. The van der Waals surface area contributed by atoms with Gasteiger partial charge in [-0.05, 0) is 54.5 Å². The van der Waals surface area contributed by atoms with Crippen LogP contribution < -0.4 is 19.7 Å². The number of carbonyl (C=O) groups excluding carboxylic acids is 2. The lowest BCUT2D eigenvalue weighted by atomic mass is 10.1. The topological polar surface area (TPSA) is 67.9 Å². The Morgan fingerprint density at radius 1 is 1.03 bits per heavy atom. The van der Waals surface area contributed by atoms with E-state index in [1.165, 1.54) is 23.8 Å². The Morgan fingerprint density at radius 2 is 1.81 bits per heavy atom. The van der Waals surface area contributed by atoms with Gasteiger partial charge in [-0.1, -0.05) is 50.5 Å². The van der Waals surface area contributed by atoms with Crippen LogP contribution in [0.25, 0.3) is 6.08 Å². The molecule has 6 nitrogen and oxygen atoms in total. The van der Waals surface area contributed by atoms with Gasteiger partial charge in [-0.15, -0.1) is 0 Å². The number of amides is 2. The summed E-state index contributed by atoms with van der Waals surface area (Å²) in [6.07, 6.45) is 5.99. The highest BCUT2D eigenvalue weighted by Gasteiger charge is 2.34. The van der Waals surface area contributed by atoms with Gasteiger partial charge in [-0.25, -0.2) is 0 Å². The number of ether oxygens (including phenoxy) is 2. The Hall–Kier alpha value is -3.19. The number of methoxy groups -OCH3 is 1. The number of thiocarbonyl (C=S) groups is 1. The molecule has 1 saturated heterocycles. The number of carbonyl (C=O) groups is 2. The van der Waals surface area contributed by atoms with Crippen molar-refractivity contribution in [2.45, 2.75) is 32.6 Å². The second kappa shape index (κ2) is 10.7. The molecule has 31 heavy (non-hydrogen) atoms. The quantitative estimate of drug-likeness (QED) is 0.271. The normalized spacial score (nSPS) is 15.2. The summed E-state index contributed by atoms with van der Waals surface area (Å²) in [6, 6.07) is 14.3. The third kappa shape index (κ3) is 5.49. The van der Waals surface area contributed by atoms with Gasteiger partial charge in [0.25, 0.3) is 11.8 Å². The van der Waals surface area contributed by atoms with Crippen molar-refractivity contribution in [3.63, 3.8) is 0 Å². The first-order valence-corrected chi connectivity index (χ1v) is 10.7. The minimum Gasteiger partial charge on any atom is -0.493 e. The maximum absolute atomic E-state index is 13.1. The molecule has 2 aromatic rings. The van der Waals surface area contributed by atoms with Crippen molar-refractivity contribution in [2.75, 3.05) is 18.6 Å². The molecule has 0 radical (unpaired) electrons. The first-order valence-electron chi connectivity index (χ1n) is 10.3. The van der Waals surface area contributed by atoms with Crippen LogP contribution in [0.4, 0.5) is 5.69 Å². The molecule has 162 valence electrons. The zero-order valence-corrected chi connectivity index (χ0v) is 18.5. The summed E-state index contributed by atoms with van der Waals surface area (Å²) in [4.78, 5) is 26.8. The summed E-state index contributed by atoms with van der Waals surface area (Å²) in [5, 5.41) is 2.64. The van der Waals surface area contributed by atoms with Crippen LogP contribution in [0.3, 0.4) is 0 Å². The number of rotatable bonds is 9. The molecule has 0 atom stereocenters. The fourth-order valence-electron chi connectivity index (χ4n) is 3.24. The zero-order valence-electron chi connectivity index (χ0n) is 17.7. The van der Waals surface area contributed by atoms with Crippen LogP contribution in [0.15, 0.2) is 54.1 Å². The van der Waals surface area contributed by atoms with E-state index >= 15 is 0 Å². The molecule has 1 heterocycles. The molecule has 1 aliphatic rings. The average molecular weight is 439 g/mol. The molecule has 0 aromatic heterocycles. The lowest BCUT2D eigenvalue weighted by Crippen LogP contribution is -2.54. The lowest BCUT2D eigenvalue weighted by molar-refractivity contribution is -0.122. The number of anilines is 1. The van der Waals surface area contributed by atoms with Gasteiger partial charge in [0, 0.05) is 0 Å². The standard InChI is InChI=1S/C24H26N2O4S/c1-3-4-5-9-14-30-20-13-12-17(16-21(20)29-2)15-19-22(27)25-24(31)26(23(19)28)18-10-7-6-8-11-18/h6-8,10-13,15-16H,3-5,9,14H2,1-2H3,(H,25,27,31). The van der Waals surface area contributed by atoms with Gasteiger partial charge in [0.2, 0.25) is 0 Å². The van der Waals surface area contributed by atoms with Crippen LogP contribution in [0, 0.1) is 0 Å². The number of hydrogen-bond donors (Lipinski definition) is 1. The van der Waals surface area contributed by atoms with Gasteiger partial charge in [0.15, 0.2) is 16.6 Å². The van der Waals surface area contributed by atoms with E-state index in [9.17, 15) is 9.59 Å². The molecule has 0 aliphatic carbocycles. The van der Waals surface area contributed by atoms with Crippen LogP contribution in [-0.2, 0) is 9.59 Å². The maximum atomic E-state index is 13.1. The largest absolute Gasteiger partial charge is 0.493 e. The first-order chi connectivity index (χ1) is 15.0. The molecular weight excluding hydrogens is 412 g/mol. The van der Waals surface area contributed by atoms with Crippen molar-refractivity contribution in [2.24, 2.45) is 0 Å². The molecule has 0 spiro atoms. The van der Waals surface area contributed by atoms with Crippen molar-refractivity contribution in [1.29, 1.82) is 0 Å². The van der Waals surface area contributed by atoms with E-state index in [2.05, 4.69) is 12.2 Å². The highest BCUT2D eigenvalue weighted by molar-refractivity contribution is 7.80. The van der Waals surface area contributed by atoms with Gasteiger partial charge < -0.3 is 9.47 Å². The third-order valence-electron chi connectivity index (χ3n) is 4.87. The van der Waals surface area contributed by atoms with Gasteiger partial charge in [-0.3, -0.25) is 19.8 Å². The van der Waals surface area contributed by atoms with Crippen molar-refractivity contribution in [3.05, 3.63) is 59.7 Å². The van der Waals surface area contributed by atoms with E-state index in [0.29, 0.717) is 29.4 Å². The Balaban J connectivity index is 1.81. The number of hydrogen-bond acceptors (Lipinski definition) is 5. The highest BCUT2D eigenvalue weighted by atomic mass is 32.1. The Kier molecular flexibility index (Phi) is 7.78. The molecule has 1 aliphatic heterocycles. The summed E-state index contributed by atoms with van der Waals surface area (Å²) < 4.78 is 11.3.